The SMILES string of the molecule is C/C(=C\Cc1ccc(OCOc2ccc(Cl)cc2)cc1OCOc1ccc(Cl)cc1)CC[C@H]1OC1(C)C. The van der Waals surface area contributed by atoms with Crippen molar-refractivity contribution in [3.63, 3.8) is 0 Å². The second-order valence-electron chi connectivity index (χ2n) is 9.49. The molecule has 0 unspecified atom stereocenters. The summed E-state index contributed by atoms with van der Waals surface area (Å²) >= 11 is 11.9. The normalized spacial score (nSPS) is 16.2. The van der Waals surface area contributed by atoms with Crippen LogP contribution in [0.5, 0.6) is 23.0 Å². The van der Waals surface area contributed by atoms with E-state index in [1.807, 2.05) is 18.2 Å². The minimum atomic E-state index is 0.0263. The molecule has 5 nitrogen and oxygen atoms in total. The Labute approximate surface area is 228 Å². The number of ether oxygens (including phenoxy) is 5. The van der Waals surface area contributed by atoms with Gasteiger partial charge >= 0.3 is 0 Å². The van der Waals surface area contributed by atoms with E-state index in [0.29, 0.717) is 39.1 Å². The second kappa shape index (κ2) is 12.6. The number of hydrogen-bond donors (Lipinski definition) is 0. The van der Waals surface area contributed by atoms with Crippen LogP contribution in [0, 0.1) is 0 Å². The Bertz CT molecular complexity index is 1190. The summed E-state index contributed by atoms with van der Waals surface area (Å²) in [5, 5.41) is 1.31. The van der Waals surface area contributed by atoms with Crippen molar-refractivity contribution in [2.75, 3.05) is 13.6 Å². The molecule has 4 rings (SSSR count). The number of allylic oxidation sites excluding steroid dienone is 2. The van der Waals surface area contributed by atoms with E-state index in [1.165, 1.54) is 5.57 Å². The molecule has 7 heteroatoms. The van der Waals surface area contributed by atoms with E-state index in [9.17, 15) is 0 Å². The van der Waals surface area contributed by atoms with E-state index in [-0.39, 0.29) is 19.2 Å². The number of halogens is 2. The van der Waals surface area contributed by atoms with Gasteiger partial charge in [-0.3, -0.25) is 0 Å². The van der Waals surface area contributed by atoms with Crippen molar-refractivity contribution < 1.29 is 23.7 Å². The lowest BCUT2D eigenvalue weighted by Crippen LogP contribution is -2.09. The van der Waals surface area contributed by atoms with Crippen LogP contribution in [0.4, 0.5) is 0 Å². The lowest BCUT2D eigenvalue weighted by atomic mass is 10.0. The molecule has 3 aromatic carbocycles. The van der Waals surface area contributed by atoms with Gasteiger partial charge in [0, 0.05) is 16.1 Å². The Hall–Kier alpha value is -2.86. The largest absolute Gasteiger partial charge is 0.458 e. The molecule has 37 heavy (non-hydrogen) atoms. The van der Waals surface area contributed by atoms with Gasteiger partial charge in [0.1, 0.15) is 23.0 Å². The zero-order valence-electron chi connectivity index (χ0n) is 21.3. The van der Waals surface area contributed by atoms with Gasteiger partial charge in [0.05, 0.1) is 11.7 Å². The van der Waals surface area contributed by atoms with E-state index >= 15 is 0 Å². The molecule has 0 aliphatic carbocycles. The number of hydrogen-bond acceptors (Lipinski definition) is 5. The quantitative estimate of drug-likeness (QED) is 0.123. The lowest BCUT2D eigenvalue weighted by Gasteiger charge is -2.14. The molecule has 3 aromatic rings. The van der Waals surface area contributed by atoms with Gasteiger partial charge in [-0.2, -0.15) is 0 Å². The molecule has 0 radical (unpaired) electrons. The Kier molecular flexibility index (Phi) is 9.25. The Morgan fingerprint density at radius 2 is 1.32 bits per heavy atom. The standard InChI is InChI=1S/C30H32Cl2O5/c1-21(5-17-29-30(2,3)37-29)4-6-22-7-12-27(35-19-33-25-13-8-23(31)9-14-25)18-28(22)36-20-34-26-15-10-24(32)11-16-26/h4,7-16,18,29H,5-6,17,19-20H2,1-3H3/b21-4+/t29-/m1/s1. The summed E-state index contributed by atoms with van der Waals surface area (Å²) in [6, 6.07) is 20.1. The first kappa shape index (κ1) is 27.2. The van der Waals surface area contributed by atoms with Crippen molar-refractivity contribution in [1.29, 1.82) is 0 Å². The molecule has 0 N–H and O–H groups in total. The van der Waals surface area contributed by atoms with E-state index in [1.54, 1.807) is 48.5 Å². The summed E-state index contributed by atoms with van der Waals surface area (Å²) < 4.78 is 28.9. The van der Waals surface area contributed by atoms with E-state index in [0.717, 1.165) is 24.8 Å². The van der Waals surface area contributed by atoms with E-state index in [2.05, 4.69) is 26.8 Å². The fraction of sp³-hybridized carbons (Fsp3) is 0.333. The Balaban J connectivity index is 1.37. The van der Waals surface area contributed by atoms with Gasteiger partial charge in [-0.1, -0.05) is 40.9 Å². The van der Waals surface area contributed by atoms with Crippen LogP contribution < -0.4 is 18.9 Å². The summed E-state index contributed by atoms with van der Waals surface area (Å²) in [5.41, 5.74) is 2.39. The van der Waals surface area contributed by atoms with Crippen molar-refractivity contribution in [3.8, 4) is 23.0 Å². The van der Waals surface area contributed by atoms with Gasteiger partial charge in [0.15, 0.2) is 0 Å². The fourth-order valence-corrected chi connectivity index (χ4v) is 4.05. The molecule has 1 saturated heterocycles. The third kappa shape index (κ3) is 8.60. The summed E-state index contributed by atoms with van der Waals surface area (Å²) in [5.74, 6) is 2.67. The minimum Gasteiger partial charge on any atom is -0.458 e. The predicted molar refractivity (Wildman–Crippen MR) is 147 cm³/mol. The smallest absolute Gasteiger partial charge is 0.230 e. The lowest BCUT2D eigenvalue weighted by molar-refractivity contribution is 0.112. The molecule has 1 aliphatic rings. The van der Waals surface area contributed by atoms with Crippen LogP contribution in [-0.2, 0) is 11.2 Å². The molecule has 0 aromatic heterocycles. The third-order valence-corrected chi connectivity index (χ3v) is 6.70. The fourth-order valence-electron chi connectivity index (χ4n) is 3.80. The van der Waals surface area contributed by atoms with Gasteiger partial charge in [-0.15, -0.1) is 0 Å². The molecule has 1 atom stereocenters. The molecule has 196 valence electrons. The molecule has 1 heterocycles. The second-order valence-corrected chi connectivity index (χ2v) is 10.4. The first-order chi connectivity index (χ1) is 17.8. The van der Waals surface area contributed by atoms with Gasteiger partial charge < -0.3 is 23.7 Å². The first-order valence-electron chi connectivity index (χ1n) is 12.3. The van der Waals surface area contributed by atoms with Crippen LogP contribution in [0.25, 0.3) is 0 Å². The highest BCUT2D eigenvalue weighted by molar-refractivity contribution is 6.30. The van der Waals surface area contributed by atoms with Gasteiger partial charge in [-0.05, 0) is 100 Å². The van der Waals surface area contributed by atoms with Gasteiger partial charge in [0.2, 0.25) is 13.6 Å². The summed E-state index contributed by atoms with van der Waals surface area (Å²) in [6.45, 7) is 6.54. The zero-order chi connectivity index (χ0) is 26.3. The summed E-state index contributed by atoms with van der Waals surface area (Å²) in [7, 11) is 0. The zero-order valence-corrected chi connectivity index (χ0v) is 22.9. The van der Waals surface area contributed by atoms with Crippen LogP contribution in [-0.4, -0.2) is 25.3 Å². The van der Waals surface area contributed by atoms with E-state index in [4.69, 9.17) is 46.9 Å². The summed E-state index contributed by atoms with van der Waals surface area (Å²) in [6.07, 6.45) is 5.37. The topological polar surface area (TPSA) is 49.5 Å². The van der Waals surface area contributed by atoms with Crippen molar-refractivity contribution in [3.05, 3.63) is 94.0 Å². The van der Waals surface area contributed by atoms with Crippen LogP contribution in [0.3, 0.4) is 0 Å². The molecule has 0 amide bonds. The summed E-state index contributed by atoms with van der Waals surface area (Å²) in [4.78, 5) is 0. The number of benzene rings is 3. The Morgan fingerprint density at radius 1 is 0.811 bits per heavy atom. The van der Waals surface area contributed by atoms with Crippen molar-refractivity contribution >= 4 is 23.2 Å². The maximum absolute atomic E-state index is 6.02. The minimum absolute atomic E-state index is 0.0263. The van der Waals surface area contributed by atoms with Crippen molar-refractivity contribution in [2.24, 2.45) is 0 Å². The van der Waals surface area contributed by atoms with Gasteiger partial charge in [-0.25, -0.2) is 0 Å². The predicted octanol–water partition coefficient (Wildman–Crippen LogP) is 8.27. The average molecular weight is 543 g/mol. The van der Waals surface area contributed by atoms with E-state index < -0.39 is 0 Å². The highest BCUT2D eigenvalue weighted by Gasteiger charge is 2.46. The molecular weight excluding hydrogens is 511 g/mol. The van der Waals surface area contributed by atoms with Crippen molar-refractivity contribution in [1.82, 2.24) is 0 Å². The molecular formula is C30H32Cl2O5. The first-order valence-corrected chi connectivity index (χ1v) is 13.0. The number of rotatable bonds is 13. The molecule has 1 fully saturated rings. The molecule has 0 bridgehead atoms. The number of epoxide rings is 1. The highest BCUT2D eigenvalue weighted by Crippen LogP contribution is 2.39. The highest BCUT2D eigenvalue weighted by atomic mass is 35.5. The molecule has 0 spiro atoms. The molecule has 1 aliphatic heterocycles. The van der Waals surface area contributed by atoms with Crippen LogP contribution in [0.1, 0.15) is 39.2 Å². The van der Waals surface area contributed by atoms with Crippen LogP contribution in [0.15, 0.2) is 78.4 Å². The monoisotopic (exact) mass is 542 g/mol. The Morgan fingerprint density at radius 3 is 1.89 bits per heavy atom. The maximum Gasteiger partial charge on any atom is 0.230 e. The maximum atomic E-state index is 6.02. The van der Waals surface area contributed by atoms with Crippen molar-refractivity contribution in [2.45, 2.75) is 51.7 Å². The average Bonchev–Trinajstić information content (AvgIpc) is 3.50. The third-order valence-electron chi connectivity index (χ3n) is 6.19. The van der Waals surface area contributed by atoms with Crippen LogP contribution >= 0.6 is 23.2 Å². The van der Waals surface area contributed by atoms with Gasteiger partial charge in [0.25, 0.3) is 0 Å². The molecule has 0 saturated carbocycles. The van der Waals surface area contributed by atoms with Crippen LogP contribution in [0.2, 0.25) is 10.0 Å².